The van der Waals surface area contributed by atoms with E-state index in [1.54, 1.807) is 25.7 Å². The predicted octanol–water partition coefficient (Wildman–Crippen LogP) is 0.689. The first-order valence-corrected chi connectivity index (χ1v) is 3.39. The smallest absolute Gasteiger partial charge is 0.0776 e. The van der Waals surface area contributed by atoms with E-state index in [2.05, 4.69) is 15.4 Å². The van der Waals surface area contributed by atoms with Crippen LogP contribution >= 0.6 is 0 Å². The Hall–Kier alpha value is -1.00. The van der Waals surface area contributed by atoms with Crippen molar-refractivity contribution < 1.29 is 4.84 Å². The Morgan fingerprint density at radius 1 is 1.55 bits per heavy atom. The maximum atomic E-state index is 4.74. The normalized spacial score (nSPS) is 12.9. The molecule has 0 aliphatic rings. The van der Waals surface area contributed by atoms with Gasteiger partial charge >= 0.3 is 0 Å². The molecule has 11 heavy (non-hydrogen) atoms. The largest absolute Gasteiger partial charge is 0.304 e. The zero-order valence-electron chi connectivity index (χ0n) is 6.61. The molecule has 0 fully saturated rings. The van der Waals surface area contributed by atoms with Crippen molar-refractivity contribution in [2.24, 2.45) is 0 Å². The molecular formula is C7H11N3O. The van der Waals surface area contributed by atoms with Crippen LogP contribution < -0.4 is 5.48 Å². The average Bonchev–Trinajstić information content (AvgIpc) is 2.07. The van der Waals surface area contributed by atoms with Gasteiger partial charge in [-0.1, -0.05) is 0 Å². The summed E-state index contributed by atoms with van der Waals surface area (Å²) in [6, 6.07) is 0.0775. The fourth-order valence-corrected chi connectivity index (χ4v) is 0.771. The highest BCUT2D eigenvalue weighted by atomic mass is 16.6. The highest BCUT2D eigenvalue weighted by Crippen LogP contribution is 2.04. The first-order valence-electron chi connectivity index (χ1n) is 3.39. The minimum Gasteiger partial charge on any atom is -0.304 e. The Kier molecular flexibility index (Phi) is 2.95. The molecule has 60 valence electrons. The van der Waals surface area contributed by atoms with Gasteiger partial charge in [0, 0.05) is 12.4 Å². The van der Waals surface area contributed by atoms with Crippen LogP contribution in [0.5, 0.6) is 0 Å². The third-order valence-corrected chi connectivity index (χ3v) is 1.32. The monoisotopic (exact) mass is 153 g/mol. The molecule has 0 aromatic carbocycles. The summed E-state index contributed by atoms with van der Waals surface area (Å²) < 4.78 is 0. The SMILES string of the molecule is CONC(C)c1cnccn1. The van der Waals surface area contributed by atoms with Crippen molar-refractivity contribution in [1.82, 2.24) is 15.4 Å². The second-order valence-electron chi connectivity index (χ2n) is 2.17. The molecule has 1 aromatic heterocycles. The van der Waals surface area contributed by atoms with Gasteiger partial charge in [0.1, 0.15) is 0 Å². The van der Waals surface area contributed by atoms with Gasteiger partial charge in [-0.3, -0.25) is 9.97 Å². The number of hydroxylamine groups is 1. The van der Waals surface area contributed by atoms with E-state index in [0.717, 1.165) is 5.69 Å². The lowest BCUT2D eigenvalue weighted by Crippen LogP contribution is -2.17. The summed E-state index contributed by atoms with van der Waals surface area (Å²) in [5.41, 5.74) is 3.63. The van der Waals surface area contributed by atoms with Crippen molar-refractivity contribution in [1.29, 1.82) is 0 Å². The zero-order valence-corrected chi connectivity index (χ0v) is 6.61. The average molecular weight is 153 g/mol. The Bertz CT molecular complexity index is 202. The quantitative estimate of drug-likeness (QED) is 0.649. The van der Waals surface area contributed by atoms with E-state index in [1.165, 1.54) is 0 Å². The van der Waals surface area contributed by atoms with Gasteiger partial charge in [0.05, 0.1) is 25.0 Å². The Morgan fingerprint density at radius 2 is 2.36 bits per heavy atom. The van der Waals surface area contributed by atoms with E-state index in [9.17, 15) is 0 Å². The molecule has 1 aromatic rings. The number of nitrogens with zero attached hydrogens (tertiary/aromatic N) is 2. The Labute approximate surface area is 65.6 Å². The van der Waals surface area contributed by atoms with Crippen molar-refractivity contribution in [3.63, 3.8) is 0 Å². The van der Waals surface area contributed by atoms with Crippen LogP contribution in [0.3, 0.4) is 0 Å². The minimum absolute atomic E-state index is 0.0775. The maximum absolute atomic E-state index is 4.74. The van der Waals surface area contributed by atoms with Crippen LogP contribution in [0.1, 0.15) is 18.7 Å². The third kappa shape index (κ3) is 2.25. The fraction of sp³-hybridized carbons (Fsp3) is 0.429. The lowest BCUT2D eigenvalue weighted by molar-refractivity contribution is 0.0646. The Balaban J connectivity index is 2.61. The summed E-state index contributed by atoms with van der Waals surface area (Å²) >= 11 is 0. The lowest BCUT2D eigenvalue weighted by atomic mass is 10.3. The first kappa shape index (κ1) is 8.10. The van der Waals surface area contributed by atoms with Crippen LogP contribution in [0.2, 0.25) is 0 Å². The summed E-state index contributed by atoms with van der Waals surface area (Å²) in [5.74, 6) is 0. The number of hydrogen-bond donors (Lipinski definition) is 1. The molecule has 0 bridgehead atoms. The van der Waals surface area contributed by atoms with Gasteiger partial charge in [-0.05, 0) is 6.92 Å². The molecule has 1 N–H and O–H groups in total. The predicted molar refractivity (Wildman–Crippen MR) is 40.6 cm³/mol. The topological polar surface area (TPSA) is 47.0 Å². The second-order valence-corrected chi connectivity index (χ2v) is 2.17. The maximum Gasteiger partial charge on any atom is 0.0776 e. The van der Waals surface area contributed by atoms with Gasteiger partial charge in [-0.25, -0.2) is 0 Å². The molecule has 0 saturated heterocycles. The number of rotatable bonds is 3. The molecule has 0 radical (unpaired) electrons. The van der Waals surface area contributed by atoms with Gasteiger partial charge in [-0.2, -0.15) is 5.48 Å². The summed E-state index contributed by atoms with van der Waals surface area (Å²) in [7, 11) is 1.58. The molecule has 4 heteroatoms. The molecule has 0 amide bonds. The number of nitrogens with one attached hydrogen (secondary N) is 1. The van der Waals surface area contributed by atoms with Crippen LogP contribution in [-0.4, -0.2) is 17.1 Å². The van der Waals surface area contributed by atoms with E-state index in [4.69, 9.17) is 4.84 Å². The van der Waals surface area contributed by atoms with Crippen LogP contribution in [0, 0.1) is 0 Å². The fourth-order valence-electron chi connectivity index (χ4n) is 0.771. The summed E-state index contributed by atoms with van der Waals surface area (Å²) in [6.45, 7) is 1.95. The standard InChI is InChI=1S/C7H11N3O/c1-6(10-11-2)7-5-8-3-4-9-7/h3-6,10H,1-2H3. The van der Waals surface area contributed by atoms with Gasteiger partial charge in [-0.15, -0.1) is 0 Å². The number of hydrogen-bond acceptors (Lipinski definition) is 4. The van der Waals surface area contributed by atoms with Crippen LogP contribution in [0.4, 0.5) is 0 Å². The van der Waals surface area contributed by atoms with Gasteiger partial charge in [0.25, 0.3) is 0 Å². The molecule has 1 unspecified atom stereocenters. The lowest BCUT2D eigenvalue weighted by Gasteiger charge is -2.09. The van der Waals surface area contributed by atoms with E-state index in [1.807, 2.05) is 6.92 Å². The third-order valence-electron chi connectivity index (χ3n) is 1.32. The zero-order chi connectivity index (χ0) is 8.10. The van der Waals surface area contributed by atoms with Crippen molar-refractivity contribution in [3.05, 3.63) is 24.3 Å². The van der Waals surface area contributed by atoms with Gasteiger partial charge in [0.2, 0.25) is 0 Å². The van der Waals surface area contributed by atoms with Crippen molar-refractivity contribution >= 4 is 0 Å². The van der Waals surface area contributed by atoms with Crippen molar-refractivity contribution in [2.45, 2.75) is 13.0 Å². The first-order chi connectivity index (χ1) is 5.34. The molecule has 1 atom stereocenters. The molecule has 1 rings (SSSR count). The molecule has 0 spiro atoms. The van der Waals surface area contributed by atoms with Crippen molar-refractivity contribution in [2.75, 3.05) is 7.11 Å². The molecule has 4 nitrogen and oxygen atoms in total. The van der Waals surface area contributed by atoms with Crippen LogP contribution in [-0.2, 0) is 4.84 Å². The summed E-state index contributed by atoms with van der Waals surface area (Å²) in [6.07, 6.45) is 5.00. The van der Waals surface area contributed by atoms with Crippen molar-refractivity contribution in [3.8, 4) is 0 Å². The summed E-state index contributed by atoms with van der Waals surface area (Å²) in [4.78, 5) is 12.8. The van der Waals surface area contributed by atoms with Gasteiger partial charge in [0.15, 0.2) is 0 Å². The van der Waals surface area contributed by atoms with E-state index in [0.29, 0.717) is 0 Å². The molecule has 1 heterocycles. The van der Waals surface area contributed by atoms with E-state index in [-0.39, 0.29) is 6.04 Å². The molecule has 0 aliphatic heterocycles. The van der Waals surface area contributed by atoms with Crippen LogP contribution in [0.15, 0.2) is 18.6 Å². The highest BCUT2D eigenvalue weighted by Gasteiger charge is 2.03. The van der Waals surface area contributed by atoms with E-state index < -0.39 is 0 Å². The molecule has 0 saturated carbocycles. The highest BCUT2D eigenvalue weighted by molar-refractivity contribution is 4.99. The Morgan fingerprint density at radius 3 is 2.91 bits per heavy atom. The van der Waals surface area contributed by atoms with Gasteiger partial charge < -0.3 is 4.84 Å². The second kappa shape index (κ2) is 4.00. The molecular weight excluding hydrogens is 142 g/mol. The summed E-state index contributed by atoms with van der Waals surface area (Å²) in [5, 5.41) is 0. The minimum atomic E-state index is 0.0775. The number of aromatic nitrogens is 2. The van der Waals surface area contributed by atoms with Crippen LogP contribution in [0.25, 0.3) is 0 Å². The molecule has 0 aliphatic carbocycles. The van der Waals surface area contributed by atoms with E-state index >= 15 is 0 Å².